The van der Waals surface area contributed by atoms with Crippen molar-refractivity contribution in [2.45, 2.75) is 0 Å². The quantitative estimate of drug-likeness (QED) is 0.120. The molecule has 0 atom stereocenters. The molecule has 0 amide bonds. The summed E-state index contributed by atoms with van der Waals surface area (Å²) in [6.45, 7) is 0. The van der Waals surface area contributed by atoms with Crippen LogP contribution in [0.25, 0.3) is 54.4 Å². The van der Waals surface area contributed by atoms with Gasteiger partial charge in [0.1, 0.15) is 0 Å². The van der Waals surface area contributed by atoms with E-state index in [0.717, 1.165) is 43.6 Å². The molecule has 2 aromatic carbocycles. The maximum Gasteiger partial charge on any atom is 2.00 e. The summed E-state index contributed by atoms with van der Waals surface area (Å²) >= 11 is 7.40. The Hall–Kier alpha value is -3.81. The molecule has 0 aliphatic heterocycles. The fourth-order valence-electron chi connectivity index (χ4n) is 3.36. The van der Waals surface area contributed by atoms with Crippen LogP contribution in [0.5, 0.6) is 0 Å². The molecule has 0 fully saturated rings. The van der Waals surface area contributed by atoms with Gasteiger partial charge in [0.25, 0.3) is 0 Å². The number of aromatic nitrogens is 4. The normalized spacial score (nSPS) is 9.14. The third kappa shape index (κ3) is 7.08. The van der Waals surface area contributed by atoms with Gasteiger partial charge in [0.05, 0.1) is 22.1 Å². The number of hydrogen-bond donors (Lipinski definition) is 0. The molecule has 0 aliphatic rings. The summed E-state index contributed by atoms with van der Waals surface area (Å²) < 4.78 is 0. The van der Waals surface area contributed by atoms with Crippen LogP contribution in [0.3, 0.4) is 0 Å². The monoisotopic (exact) mass is 535 g/mol. The summed E-state index contributed by atoms with van der Waals surface area (Å²) in [7, 11) is 0. The van der Waals surface area contributed by atoms with Gasteiger partial charge >= 0.3 is 16.8 Å². The smallest absolute Gasteiger partial charge is 0.753 e. The number of rotatable bonds is 0. The standard InChI is InChI=1S/2C12H8N2.2CNS.Co/c2*1-3-9-5-6-10-4-2-8-14-12(10)11(9)13-7-1;2*2-1-3;/h2*1-8H;;;/q;;2*-1;+2. The van der Waals surface area contributed by atoms with Crippen LogP contribution in [0.4, 0.5) is 0 Å². The van der Waals surface area contributed by atoms with E-state index >= 15 is 0 Å². The van der Waals surface area contributed by atoms with E-state index in [0.29, 0.717) is 0 Å². The zero-order valence-electron chi connectivity index (χ0n) is 18.1. The van der Waals surface area contributed by atoms with Crippen molar-refractivity contribution in [2.24, 2.45) is 0 Å². The third-order valence-electron chi connectivity index (χ3n) is 4.69. The first-order valence-corrected chi connectivity index (χ1v) is 10.7. The van der Waals surface area contributed by atoms with E-state index < -0.39 is 0 Å². The maximum atomic E-state index is 7.13. The molecule has 6 nitrogen and oxygen atoms in total. The van der Waals surface area contributed by atoms with Gasteiger partial charge in [0.15, 0.2) is 0 Å². The summed E-state index contributed by atoms with van der Waals surface area (Å²) in [5.74, 6) is 0. The number of benzene rings is 2. The molecule has 171 valence electrons. The number of fused-ring (bicyclic) bond motifs is 6. The zero-order valence-corrected chi connectivity index (χ0v) is 20.7. The van der Waals surface area contributed by atoms with Crippen molar-refractivity contribution in [3.05, 3.63) is 108 Å². The van der Waals surface area contributed by atoms with Crippen LogP contribution in [0.2, 0.25) is 0 Å². The van der Waals surface area contributed by atoms with Crippen LogP contribution in [0.15, 0.2) is 97.6 Å². The molecule has 4 aromatic heterocycles. The number of hydrogen-bond acceptors (Lipinski definition) is 6. The van der Waals surface area contributed by atoms with E-state index in [-0.39, 0.29) is 16.8 Å². The van der Waals surface area contributed by atoms with Crippen LogP contribution in [0.1, 0.15) is 0 Å². The second kappa shape index (κ2) is 14.4. The molecule has 6 aromatic rings. The summed E-state index contributed by atoms with van der Waals surface area (Å²) in [4.78, 5) is 17.4. The van der Waals surface area contributed by atoms with Crippen molar-refractivity contribution < 1.29 is 16.8 Å². The first-order chi connectivity index (χ1) is 16.7. The number of nitrogens with zero attached hydrogens (tertiary/aromatic N) is 6. The van der Waals surface area contributed by atoms with Crippen LogP contribution in [0, 0.1) is 0 Å². The summed E-state index contributed by atoms with van der Waals surface area (Å²) in [6.07, 6.45) is 7.21. The van der Waals surface area contributed by atoms with Gasteiger partial charge in [-0.1, -0.05) is 73.0 Å². The second-order valence-corrected chi connectivity index (χ2v) is 6.98. The van der Waals surface area contributed by atoms with Gasteiger partial charge in [-0.15, -0.1) is 0 Å². The first-order valence-electron chi connectivity index (χ1n) is 9.93. The van der Waals surface area contributed by atoms with Gasteiger partial charge < -0.3 is 10.8 Å². The van der Waals surface area contributed by atoms with E-state index in [1.54, 1.807) is 24.8 Å². The SMILES string of the molecule is [Co+2].[N-]=C=S.[N-]=C=S.c1cnc2c(c1)ccc1cccnc12.c1cnc2c(c1)ccc1cccnc12. The Balaban J connectivity index is 0.000000198. The number of isothiocyanates is 2. The van der Waals surface area contributed by atoms with Crippen molar-refractivity contribution in [1.29, 1.82) is 0 Å². The van der Waals surface area contributed by atoms with Crippen LogP contribution < -0.4 is 0 Å². The summed E-state index contributed by atoms with van der Waals surface area (Å²) in [6, 6.07) is 24.3. The van der Waals surface area contributed by atoms with Gasteiger partial charge in [-0.2, -0.15) is 10.3 Å². The molecular weight excluding hydrogens is 519 g/mol. The van der Waals surface area contributed by atoms with Gasteiger partial charge in [-0.25, -0.2) is 0 Å². The zero-order chi connectivity index (χ0) is 24.2. The van der Waals surface area contributed by atoms with Crippen molar-refractivity contribution in [3.63, 3.8) is 0 Å². The van der Waals surface area contributed by atoms with E-state index in [4.69, 9.17) is 10.8 Å². The number of thiocarbonyl (C=S) groups is 2. The molecule has 6 rings (SSSR count). The third-order valence-corrected chi connectivity index (χ3v) is 4.69. The Bertz CT molecular complexity index is 1400. The van der Waals surface area contributed by atoms with Crippen molar-refractivity contribution >= 4 is 78.4 Å². The minimum absolute atomic E-state index is 0. The van der Waals surface area contributed by atoms with Gasteiger partial charge in [-0.3, -0.25) is 19.9 Å². The van der Waals surface area contributed by atoms with Crippen LogP contribution in [-0.4, -0.2) is 30.3 Å². The molecule has 0 spiro atoms. The summed E-state index contributed by atoms with van der Waals surface area (Å²) in [5.41, 5.74) is 3.91. The molecule has 0 N–H and O–H groups in total. The first kappa shape index (κ1) is 27.4. The Morgan fingerprint density at radius 1 is 0.457 bits per heavy atom. The average molecular weight is 536 g/mol. The van der Waals surface area contributed by atoms with Crippen LogP contribution in [-0.2, 0) is 16.8 Å². The van der Waals surface area contributed by atoms with Gasteiger partial charge in [-0.05, 0) is 24.3 Å². The molecule has 1 radical (unpaired) electrons. The maximum absolute atomic E-state index is 7.13. The van der Waals surface area contributed by atoms with Gasteiger partial charge in [0.2, 0.25) is 0 Å². The van der Waals surface area contributed by atoms with E-state index in [2.05, 4.69) is 92.9 Å². The topological polar surface area (TPSA) is 96.2 Å². The molecule has 35 heavy (non-hydrogen) atoms. The van der Waals surface area contributed by atoms with E-state index in [1.807, 2.05) is 24.3 Å². The van der Waals surface area contributed by atoms with E-state index in [9.17, 15) is 0 Å². The predicted molar refractivity (Wildman–Crippen MR) is 146 cm³/mol. The molecule has 0 saturated carbocycles. The average Bonchev–Trinajstić information content (AvgIpc) is 2.90. The second-order valence-electron chi connectivity index (χ2n) is 6.61. The molecule has 4 heterocycles. The molecular formula is C26H16CoN6S2. The number of pyridine rings is 4. The van der Waals surface area contributed by atoms with Gasteiger partial charge in [0, 0.05) is 46.3 Å². The van der Waals surface area contributed by atoms with Crippen molar-refractivity contribution in [3.8, 4) is 0 Å². The van der Waals surface area contributed by atoms with E-state index in [1.165, 1.54) is 10.3 Å². The molecule has 0 aliphatic carbocycles. The molecule has 0 bridgehead atoms. The van der Waals surface area contributed by atoms with Crippen molar-refractivity contribution in [2.75, 3.05) is 0 Å². The largest absolute Gasteiger partial charge is 2.00 e. The van der Waals surface area contributed by atoms with Crippen LogP contribution >= 0.6 is 24.4 Å². The Kier molecular flexibility index (Phi) is 11.3. The fourth-order valence-corrected chi connectivity index (χ4v) is 3.36. The fraction of sp³-hybridized carbons (Fsp3) is 0. The summed E-state index contributed by atoms with van der Waals surface area (Å²) in [5, 5.41) is 21.5. The Morgan fingerprint density at radius 2 is 0.657 bits per heavy atom. The van der Waals surface area contributed by atoms with Crippen molar-refractivity contribution in [1.82, 2.24) is 19.9 Å². The molecule has 0 unspecified atom stereocenters. The molecule has 0 saturated heterocycles. The Labute approximate surface area is 222 Å². The Morgan fingerprint density at radius 3 is 0.857 bits per heavy atom. The minimum atomic E-state index is 0. The predicted octanol–water partition coefficient (Wildman–Crippen LogP) is 6.88. The molecule has 9 heteroatoms. The minimum Gasteiger partial charge on any atom is -0.753 e.